The molecule has 0 bridgehead atoms. The van der Waals surface area contributed by atoms with Gasteiger partial charge in [0.2, 0.25) is 5.76 Å². The lowest BCUT2D eigenvalue weighted by Gasteiger charge is -2.25. The van der Waals surface area contributed by atoms with Crippen molar-refractivity contribution < 1.29 is 18.7 Å². The van der Waals surface area contributed by atoms with Gasteiger partial charge in [-0.15, -0.1) is 0 Å². The molecule has 31 heavy (non-hydrogen) atoms. The van der Waals surface area contributed by atoms with Crippen LogP contribution in [0.15, 0.2) is 57.7 Å². The van der Waals surface area contributed by atoms with Gasteiger partial charge >= 0.3 is 5.97 Å². The number of hydrogen-bond donors (Lipinski definition) is 0. The molecule has 1 aromatic heterocycles. The average Bonchev–Trinajstić information content (AvgIpc) is 3.05. The Morgan fingerprint density at radius 1 is 1.10 bits per heavy atom. The topological polar surface area (TPSA) is 80.1 Å². The maximum absolute atomic E-state index is 13.4. The normalized spacial score (nSPS) is 15.5. The van der Waals surface area contributed by atoms with Crippen LogP contribution in [0.4, 0.5) is 0 Å². The molecule has 160 valence electrons. The molecule has 1 atom stereocenters. The van der Waals surface area contributed by atoms with Gasteiger partial charge in [0.1, 0.15) is 5.58 Å². The molecule has 0 fully saturated rings. The number of rotatable bonds is 6. The van der Waals surface area contributed by atoms with Crippen molar-refractivity contribution >= 4 is 22.8 Å². The van der Waals surface area contributed by atoms with Crippen LogP contribution in [0, 0.1) is 0 Å². The summed E-state index contributed by atoms with van der Waals surface area (Å²) in [6.07, 6.45) is 0.747. The van der Waals surface area contributed by atoms with Crippen LogP contribution in [0.3, 0.4) is 0 Å². The number of para-hydroxylation sites is 1. The van der Waals surface area contributed by atoms with Gasteiger partial charge in [0.05, 0.1) is 29.7 Å². The molecule has 2 heterocycles. The molecule has 0 saturated carbocycles. The molecule has 1 aliphatic heterocycles. The second-order valence-electron chi connectivity index (χ2n) is 7.84. The fourth-order valence-electron chi connectivity index (χ4n) is 4.02. The van der Waals surface area contributed by atoms with Crippen LogP contribution in [-0.4, -0.2) is 56.0 Å². The first kappa shape index (κ1) is 20.8. The number of ether oxygens (including phenoxy) is 1. The molecule has 0 radical (unpaired) electrons. The monoisotopic (exact) mass is 420 g/mol. The maximum atomic E-state index is 13.4. The zero-order chi connectivity index (χ0) is 22.1. The molecule has 4 rings (SSSR count). The van der Waals surface area contributed by atoms with Crippen molar-refractivity contribution in [2.75, 3.05) is 34.3 Å². The Bertz CT molecular complexity index is 1200. The van der Waals surface area contributed by atoms with Gasteiger partial charge in [-0.2, -0.15) is 0 Å². The summed E-state index contributed by atoms with van der Waals surface area (Å²) in [6.45, 7) is 1.28. The number of esters is 1. The van der Waals surface area contributed by atoms with Crippen LogP contribution in [0.2, 0.25) is 0 Å². The number of carbonyl (C=O) groups is 2. The lowest BCUT2D eigenvalue weighted by Crippen LogP contribution is -2.32. The second kappa shape index (κ2) is 8.35. The SMILES string of the molecule is COC(=O)c1ccc([C@@H]2c3c(oc4ccccc4c3=O)C(=O)N2CCCN(C)C)cc1. The Morgan fingerprint density at radius 3 is 2.48 bits per heavy atom. The number of nitrogens with zero attached hydrogens (tertiary/aromatic N) is 2. The van der Waals surface area contributed by atoms with Crippen molar-refractivity contribution in [3.8, 4) is 0 Å². The van der Waals surface area contributed by atoms with Crippen molar-refractivity contribution in [1.82, 2.24) is 9.80 Å². The van der Waals surface area contributed by atoms with Crippen molar-refractivity contribution in [1.29, 1.82) is 0 Å². The van der Waals surface area contributed by atoms with Crippen molar-refractivity contribution in [3.05, 3.63) is 81.2 Å². The van der Waals surface area contributed by atoms with Gasteiger partial charge in [-0.3, -0.25) is 9.59 Å². The molecule has 0 unspecified atom stereocenters. The average molecular weight is 420 g/mol. The van der Waals surface area contributed by atoms with E-state index in [0.29, 0.717) is 28.6 Å². The Hall–Kier alpha value is -3.45. The molecule has 1 amide bonds. The van der Waals surface area contributed by atoms with E-state index in [0.717, 1.165) is 18.5 Å². The summed E-state index contributed by atoms with van der Waals surface area (Å²) in [7, 11) is 5.27. The van der Waals surface area contributed by atoms with Crippen LogP contribution in [0.1, 0.15) is 44.5 Å². The van der Waals surface area contributed by atoms with Crippen LogP contribution in [-0.2, 0) is 4.74 Å². The van der Waals surface area contributed by atoms with Crippen molar-refractivity contribution in [3.63, 3.8) is 0 Å². The molecule has 7 nitrogen and oxygen atoms in total. The van der Waals surface area contributed by atoms with Gasteiger partial charge in [-0.05, 0) is 56.9 Å². The largest absolute Gasteiger partial charge is 0.465 e. The standard InChI is InChI=1S/C24H24N2O5/c1-25(2)13-6-14-26-20(15-9-11-16(12-10-15)24(29)30-3)19-21(27)17-7-4-5-8-18(17)31-22(19)23(26)28/h4-5,7-12,20H,6,13-14H2,1-3H3/t20-/m1/s1. The van der Waals surface area contributed by atoms with Gasteiger partial charge in [0.25, 0.3) is 5.91 Å². The first-order valence-electron chi connectivity index (χ1n) is 10.1. The molecule has 0 saturated heterocycles. The summed E-state index contributed by atoms with van der Waals surface area (Å²) >= 11 is 0. The molecule has 0 aliphatic carbocycles. The van der Waals surface area contributed by atoms with E-state index < -0.39 is 12.0 Å². The number of fused-ring (bicyclic) bond motifs is 2. The van der Waals surface area contributed by atoms with Gasteiger partial charge in [0.15, 0.2) is 5.43 Å². The predicted molar refractivity (Wildman–Crippen MR) is 116 cm³/mol. The summed E-state index contributed by atoms with van der Waals surface area (Å²) in [6, 6.07) is 13.2. The molecule has 7 heteroatoms. The smallest absolute Gasteiger partial charge is 0.337 e. The van der Waals surface area contributed by atoms with Crippen molar-refractivity contribution in [2.24, 2.45) is 0 Å². The van der Waals surface area contributed by atoms with E-state index in [-0.39, 0.29) is 17.1 Å². The molecule has 0 spiro atoms. The third kappa shape index (κ3) is 3.72. The number of amides is 1. The lowest BCUT2D eigenvalue weighted by molar-refractivity contribution is 0.0600. The van der Waals surface area contributed by atoms with Crippen LogP contribution in [0.25, 0.3) is 11.0 Å². The highest BCUT2D eigenvalue weighted by Gasteiger charge is 2.42. The highest BCUT2D eigenvalue weighted by atomic mass is 16.5. The molecule has 3 aromatic rings. The van der Waals surface area contributed by atoms with Gasteiger partial charge < -0.3 is 19.0 Å². The highest BCUT2D eigenvalue weighted by Crippen LogP contribution is 2.38. The van der Waals surface area contributed by atoms with Gasteiger partial charge in [0, 0.05) is 6.54 Å². The summed E-state index contributed by atoms with van der Waals surface area (Å²) in [5.74, 6) is -0.642. The number of methoxy groups -OCH3 is 1. The van der Waals surface area contributed by atoms with E-state index >= 15 is 0 Å². The quantitative estimate of drug-likeness (QED) is 0.570. The van der Waals surface area contributed by atoms with Crippen LogP contribution >= 0.6 is 0 Å². The predicted octanol–water partition coefficient (Wildman–Crippen LogP) is 3.08. The second-order valence-corrected chi connectivity index (χ2v) is 7.84. The molecule has 2 aromatic carbocycles. The third-order valence-electron chi connectivity index (χ3n) is 5.53. The Kier molecular flexibility index (Phi) is 5.61. The molecule has 1 aliphatic rings. The van der Waals surface area contributed by atoms with E-state index in [1.807, 2.05) is 19.0 Å². The minimum atomic E-state index is -0.572. The summed E-state index contributed by atoms with van der Waals surface area (Å²) in [5.41, 5.74) is 1.68. The summed E-state index contributed by atoms with van der Waals surface area (Å²) in [5, 5.41) is 0.445. The zero-order valence-electron chi connectivity index (χ0n) is 17.8. The van der Waals surface area contributed by atoms with E-state index in [4.69, 9.17) is 9.15 Å². The lowest BCUT2D eigenvalue weighted by atomic mass is 9.97. The van der Waals surface area contributed by atoms with E-state index in [9.17, 15) is 14.4 Å². The van der Waals surface area contributed by atoms with Gasteiger partial charge in [-0.1, -0.05) is 24.3 Å². The molecule has 0 N–H and O–H groups in total. The van der Waals surface area contributed by atoms with E-state index in [1.54, 1.807) is 53.4 Å². The minimum absolute atomic E-state index is 0.0931. The van der Waals surface area contributed by atoms with Crippen LogP contribution in [0.5, 0.6) is 0 Å². The number of carbonyl (C=O) groups excluding carboxylic acids is 2. The fourth-order valence-corrected chi connectivity index (χ4v) is 4.02. The highest BCUT2D eigenvalue weighted by molar-refractivity contribution is 5.99. The van der Waals surface area contributed by atoms with E-state index in [1.165, 1.54) is 7.11 Å². The van der Waals surface area contributed by atoms with Crippen molar-refractivity contribution in [2.45, 2.75) is 12.5 Å². The van der Waals surface area contributed by atoms with Crippen LogP contribution < -0.4 is 5.43 Å². The first-order valence-corrected chi connectivity index (χ1v) is 10.1. The third-order valence-corrected chi connectivity index (χ3v) is 5.53. The summed E-state index contributed by atoms with van der Waals surface area (Å²) in [4.78, 5) is 42.2. The molecular weight excluding hydrogens is 396 g/mol. The Morgan fingerprint density at radius 2 is 1.81 bits per heavy atom. The summed E-state index contributed by atoms with van der Waals surface area (Å²) < 4.78 is 10.7. The number of hydrogen-bond acceptors (Lipinski definition) is 6. The number of benzene rings is 2. The zero-order valence-corrected chi connectivity index (χ0v) is 17.8. The minimum Gasteiger partial charge on any atom is -0.465 e. The fraction of sp³-hybridized carbons (Fsp3) is 0.292. The first-order chi connectivity index (χ1) is 14.9. The van der Waals surface area contributed by atoms with Gasteiger partial charge in [-0.25, -0.2) is 4.79 Å². The Balaban J connectivity index is 1.83. The van der Waals surface area contributed by atoms with E-state index in [2.05, 4.69) is 0 Å². The molecular formula is C24H24N2O5. The Labute approximate surface area is 179 Å². The maximum Gasteiger partial charge on any atom is 0.337 e.